The normalized spacial score (nSPS) is 10.9. The van der Waals surface area contributed by atoms with Crippen molar-refractivity contribution in [3.8, 4) is 0 Å². The molecule has 0 spiro atoms. The zero-order valence-electron chi connectivity index (χ0n) is 13.4. The molecule has 5 nitrogen and oxygen atoms in total. The number of carbonyl (C=O) groups is 2. The quantitative estimate of drug-likeness (QED) is 0.482. The van der Waals surface area contributed by atoms with E-state index in [1.54, 1.807) is 6.20 Å². The van der Waals surface area contributed by atoms with Crippen LogP contribution in [-0.4, -0.2) is 16.8 Å². The van der Waals surface area contributed by atoms with E-state index in [1.807, 2.05) is 55.5 Å². The van der Waals surface area contributed by atoms with Gasteiger partial charge in [-0.15, -0.1) is 11.3 Å². The van der Waals surface area contributed by atoms with Crippen LogP contribution < -0.4 is 10.9 Å². The molecule has 0 atom stereocenters. The first-order valence-corrected chi connectivity index (χ1v) is 8.62. The maximum atomic E-state index is 12.4. The molecule has 0 aliphatic carbocycles. The van der Waals surface area contributed by atoms with Crippen LogP contribution >= 0.6 is 11.3 Å². The molecule has 0 saturated heterocycles. The number of amides is 2. The second-order valence-corrected chi connectivity index (χ2v) is 6.76. The topological polar surface area (TPSA) is 74.0 Å². The lowest BCUT2D eigenvalue weighted by Gasteiger charge is -2.06. The SMILES string of the molecule is Cc1c(C(=O)NNC(=O)c2c[nH]c3ccccc23)sc2ccccc12. The predicted molar refractivity (Wildman–Crippen MR) is 99.8 cm³/mol. The summed E-state index contributed by atoms with van der Waals surface area (Å²) < 4.78 is 1.05. The van der Waals surface area contributed by atoms with E-state index in [0.717, 1.165) is 26.6 Å². The van der Waals surface area contributed by atoms with Crippen LogP contribution in [0.15, 0.2) is 54.7 Å². The highest BCUT2D eigenvalue weighted by molar-refractivity contribution is 7.21. The predicted octanol–water partition coefficient (Wildman–Crippen LogP) is 3.77. The van der Waals surface area contributed by atoms with E-state index in [1.165, 1.54) is 11.3 Å². The van der Waals surface area contributed by atoms with Crippen LogP contribution in [-0.2, 0) is 0 Å². The molecule has 6 heteroatoms. The minimum Gasteiger partial charge on any atom is -0.360 e. The first-order chi connectivity index (χ1) is 12.1. The number of aromatic amines is 1. The van der Waals surface area contributed by atoms with E-state index in [0.29, 0.717) is 10.4 Å². The fourth-order valence-corrected chi connectivity index (χ4v) is 3.99. The molecule has 0 aliphatic heterocycles. The van der Waals surface area contributed by atoms with Crippen molar-refractivity contribution in [1.82, 2.24) is 15.8 Å². The zero-order valence-corrected chi connectivity index (χ0v) is 14.2. The van der Waals surface area contributed by atoms with Gasteiger partial charge >= 0.3 is 0 Å². The summed E-state index contributed by atoms with van der Waals surface area (Å²) in [7, 11) is 0. The molecule has 25 heavy (non-hydrogen) atoms. The Hall–Kier alpha value is -3.12. The van der Waals surface area contributed by atoms with Gasteiger partial charge in [0.15, 0.2) is 0 Å². The van der Waals surface area contributed by atoms with Crippen LogP contribution in [0.1, 0.15) is 25.6 Å². The van der Waals surface area contributed by atoms with Gasteiger partial charge in [0.2, 0.25) is 0 Å². The summed E-state index contributed by atoms with van der Waals surface area (Å²) in [5.41, 5.74) is 7.29. The number of nitrogens with one attached hydrogen (secondary N) is 3. The van der Waals surface area contributed by atoms with Gasteiger partial charge in [-0.2, -0.15) is 0 Å². The molecule has 4 aromatic rings. The number of aryl methyl sites for hydroxylation is 1. The minimum atomic E-state index is -0.357. The van der Waals surface area contributed by atoms with Crippen molar-refractivity contribution >= 4 is 44.1 Å². The molecule has 4 rings (SSSR count). The van der Waals surface area contributed by atoms with E-state index < -0.39 is 0 Å². The van der Waals surface area contributed by atoms with Gasteiger partial charge in [0, 0.05) is 21.8 Å². The number of para-hydroxylation sites is 1. The standard InChI is InChI=1S/C19H15N3O2S/c1-11-12-6-3-5-9-16(12)25-17(11)19(24)22-21-18(23)14-10-20-15-8-4-2-7-13(14)15/h2-10,20H,1H3,(H,21,23)(H,22,24). The van der Waals surface area contributed by atoms with Crippen molar-refractivity contribution < 1.29 is 9.59 Å². The molecule has 0 bridgehead atoms. The monoisotopic (exact) mass is 349 g/mol. The van der Waals surface area contributed by atoms with Crippen molar-refractivity contribution in [2.24, 2.45) is 0 Å². The highest BCUT2D eigenvalue weighted by atomic mass is 32.1. The third kappa shape index (κ3) is 2.66. The second kappa shape index (κ2) is 6.07. The zero-order chi connectivity index (χ0) is 17.4. The lowest BCUT2D eigenvalue weighted by atomic mass is 10.1. The van der Waals surface area contributed by atoms with Gasteiger partial charge in [0.25, 0.3) is 11.8 Å². The largest absolute Gasteiger partial charge is 0.360 e. The second-order valence-electron chi connectivity index (χ2n) is 5.71. The fraction of sp³-hybridized carbons (Fsp3) is 0.0526. The van der Waals surface area contributed by atoms with E-state index in [9.17, 15) is 9.59 Å². The summed E-state index contributed by atoms with van der Waals surface area (Å²) in [5, 5.41) is 1.87. The van der Waals surface area contributed by atoms with Crippen molar-refractivity contribution in [3.05, 3.63) is 70.7 Å². The molecule has 0 fully saturated rings. The molecular weight excluding hydrogens is 334 g/mol. The van der Waals surface area contributed by atoms with E-state index >= 15 is 0 Å². The Balaban J connectivity index is 1.53. The first kappa shape index (κ1) is 15.4. The Bertz CT molecular complexity index is 1110. The summed E-state index contributed by atoms with van der Waals surface area (Å²) in [6.07, 6.45) is 1.64. The lowest BCUT2D eigenvalue weighted by molar-refractivity contribution is 0.0849. The number of hydrogen-bond acceptors (Lipinski definition) is 3. The average molecular weight is 349 g/mol. The van der Waals surface area contributed by atoms with Gasteiger partial charge in [-0.3, -0.25) is 20.4 Å². The Labute approximate surface area is 147 Å². The van der Waals surface area contributed by atoms with Crippen LogP contribution in [0.3, 0.4) is 0 Å². The number of hydrazine groups is 1. The highest BCUT2D eigenvalue weighted by Crippen LogP contribution is 2.30. The van der Waals surface area contributed by atoms with Gasteiger partial charge < -0.3 is 4.98 Å². The number of thiophene rings is 1. The highest BCUT2D eigenvalue weighted by Gasteiger charge is 2.17. The van der Waals surface area contributed by atoms with Crippen molar-refractivity contribution in [3.63, 3.8) is 0 Å². The Kier molecular flexibility index (Phi) is 3.74. The summed E-state index contributed by atoms with van der Waals surface area (Å²) in [4.78, 5) is 28.5. The van der Waals surface area contributed by atoms with E-state index in [2.05, 4.69) is 15.8 Å². The van der Waals surface area contributed by atoms with Gasteiger partial charge in [-0.25, -0.2) is 0 Å². The first-order valence-electron chi connectivity index (χ1n) is 7.80. The smallest absolute Gasteiger partial charge is 0.280 e. The number of carbonyl (C=O) groups excluding carboxylic acids is 2. The Morgan fingerprint density at radius 2 is 1.60 bits per heavy atom. The molecule has 2 heterocycles. The van der Waals surface area contributed by atoms with Crippen LogP contribution in [0.2, 0.25) is 0 Å². The van der Waals surface area contributed by atoms with Crippen molar-refractivity contribution in [2.45, 2.75) is 6.92 Å². The molecule has 0 unspecified atom stereocenters. The fourth-order valence-electron chi connectivity index (χ4n) is 2.89. The number of H-pyrrole nitrogens is 1. The number of benzene rings is 2. The summed E-state index contributed by atoms with van der Waals surface area (Å²) >= 11 is 1.41. The van der Waals surface area contributed by atoms with Crippen molar-refractivity contribution in [1.29, 1.82) is 0 Å². The van der Waals surface area contributed by atoms with Crippen LogP contribution in [0.5, 0.6) is 0 Å². The Morgan fingerprint density at radius 1 is 0.920 bits per heavy atom. The van der Waals surface area contributed by atoms with Crippen LogP contribution in [0.25, 0.3) is 21.0 Å². The van der Waals surface area contributed by atoms with Gasteiger partial charge in [-0.1, -0.05) is 36.4 Å². The third-order valence-corrected chi connectivity index (χ3v) is 5.44. The number of aromatic nitrogens is 1. The molecular formula is C19H15N3O2S. The lowest BCUT2D eigenvalue weighted by Crippen LogP contribution is -2.41. The van der Waals surface area contributed by atoms with Crippen LogP contribution in [0, 0.1) is 6.92 Å². The molecule has 2 aromatic carbocycles. The van der Waals surface area contributed by atoms with Crippen LogP contribution in [0.4, 0.5) is 0 Å². The van der Waals surface area contributed by atoms with Crippen molar-refractivity contribution in [2.75, 3.05) is 0 Å². The molecule has 0 radical (unpaired) electrons. The minimum absolute atomic E-state index is 0.313. The third-order valence-electron chi connectivity index (χ3n) is 4.17. The number of hydrogen-bond donors (Lipinski definition) is 3. The van der Waals surface area contributed by atoms with Gasteiger partial charge in [-0.05, 0) is 30.0 Å². The average Bonchev–Trinajstić information content (AvgIpc) is 3.21. The van der Waals surface area contributed by atoms with E-state index in [4.69, 9.17) is 0 Å². The molecule has 0 saturated carbocycles. The molecule has 3 N–H and O–H groups in total. The molecule has 2 amide bonds. The maximum absolute atomic E-state index is 12.4. The van der Waals surface area contributed by atoms with Gasteiger partial charge in [0.05, 0.1) is 10.4 Å². The summed E-state index contributed by atoms with van der Waals surface area (Å²) in [5.74, 6) is -0.670. The molecule has 2 aromatic heterocycles. The Morgan fingerprint density at radius 3 is 2.40 bits per heavy atom. The summed E-state index contributed by atoms with van der Waals surface area (Å²) in [6, 6.07) is 15.4. The molecule has 124 valence electrons. The number of fused-ring (bicyclic) bond motifs is 2. The van der Waals surface area contributed by atoms with E-state index in [-0.39, 0.29) is 11.8 Å². The molecule has 0 aliphatic rings. The maximum Gasteiger partial charge on any atom is 0.280 e. The number of rotatable bonds is 2. The van der Waals surface area contributed by atoms with Gasteiger partial charge in [0.1, 0.15) is 0 Å². The summed E-state index contributed by atoms with van der Waals surface area (Å²) in [6.45, 7) is 1.91.